The summed E-state index contributed by atoms with van der Waals surface area (Å²) in [5.41, 5.74) is 6.91. The molecule has 1 atom stereocenters. The number of hydrogen-bond acceptors (Lipinski definition) is 3. The third kappa shape index (κ3) is 5.09. The first-order chi connectivity index (χ1) is 8.45. The van der Waals surface area contributed by atoms with E-state index in [2.05, 4.69) is 0 Å². The van der Waals surface area contributed by atoms with Gasteiger partial charge >= 0.3 is 0 Å². The Hall–Kier alpha value is -1.26. The largest absolute Gasteiger partial charge is 0.497 e. The maximum atomic E-state index is 12.0. The minimum Gasteiger partial charge on any atom is -0.497 e. The Morgan fingerprint density at radius 3 is 2.26 bits per heavy atom. The Bertz CT molecular complexity index is 393. The van der Waals surface area contributed by atoms with Crippen LogP contribution in [0.4, 0.5) is 0 Å². The highest BCUT2D eigenvalue weighted by atomic mass is 35.5. The van der Waals surface area contributed by atoms with Gasteiger partial charge in [-0.1, -0.05) is 26.0 Å². The predicted octanol–water partition coefficient (Wildman–Crippen LogP) is 2.06. The Morgan fingerprint density at radius 2 is 1.84 bits per heavy atom. The van der Waals surface area contributed by atoms with Gasteiger partial charge in [0.25, 0.3) is 0 Å². The molecule has 0 aliphatic heterocycles. The van der Waals surface area contributed by atoms with E-state index in [0.29, 0.717) is 6.54 Å². The summed E-state index contributed by atoms with van der Waals surface area (Å²) in [5, 5.41) is 0. The van der Waals surface area contributed by atoms with E-state index in [1.165, 1.54) is 0 Å². The van der Waals surface area contributed by atoms with E-state index >= 15 is 0 Å². The summed E-state index contributed by atoms with van der Waals surface area (Å²) in [6.07, 6.45) is 0. The zero-order valence-electron chi connectivity index (χ0n) is 11.9. The average molecular weight is 287 g/mol. The van der Waals surface area contributed by atoms with Crippen molar-refractivity contribution in [2.75, 3.05) is 14.2 Å². The number of hydrogen-bond donors (Lipinski definition) is 1. The molecule has 5 heteroatoms. The van der Waals surface area contributed by atoms with Crippen molar-refractivity contribution in [3.05, 3.63) is 29.8 Å². The molecule has 1 rings (SSSR count). The fourth-order valence-electron chi connectivity index (χ4n) is 1.62. The minimum atomic E-state index is -0.437. The van der Waals surface area contributed by atoms with Crippen LogP contribution in [0, 0.1) is 5.92 Å². The van der Waals surface area contributed by atoms with Gasteiger partial charge in [-0.15, -0.1) is 12.4 Å². The quantitative estimate of drug-likeness (QED) is 0.901. The van der Waals surface area contributed by atoms with Crippen molar-refractivity contribution in [3.8, 4) is 5.75 Å². The monoisotopic (exact) mass is 286 g/mol. The second-order valence-electron chi connectivity index (χ2n) is 4.81. The fraction of sp³-hybridized carbons (Fsp3) is 0.500. The van der Waals surface area contributed by atoms with Crippen molar-refractivity contribution < 1.29 is 9.53 Å². The van der Waals surface area contributed by atoms with Crippen LogP contribution >= 0.6 is 12.4 Å². The molecule has 4 nitrogen and oxygen atoms in total. The molecule has 0 heterocycles. The molecule has 0 fully saturated rings. The molecular formula is C14H23ClN2O2. The molecule has 2 N–H and O–H groups in total. The maximum absolute atomic E-state index is 12.0. The van der Waals surface area contributed by atoms with Crippen LogP contribution in [-0.2, 0) is 11.3 Å². The zero-order valence-corrected chi connectivity index (χ0v) is 12.7. The van der Waals surface area contributed by atoms with E-state index in [-0.39, 0.29) is 24.2 Å². The van der Waals surface area contributed by atoms with Gasteiger partial charge in [-0.05, 0) is 23.6 Å². The van der Waals surface area contributed by atoms with Crippen molar-refractivity contribution in [2.24, 2.45) is 11.7 Å². The Morgan fingerprint density at radius 1 is 1.32 bits per heavy atom. The first-order valence-corrected chi connectivity index (χ1v) is 6.09. The van der Waals surface area contributed by atoms with Crippen LogP contribution in [0.1, 0.15) is 19.4 Å². The number of methoxy groups -OCH3 is 1. The lowest BCUT2D eigenvalue weighted by molar-refractivity contribution is -0.132. The molecule has 0 radical (unpaired) electrons. The normalized spacial score (nSPS) is 11.7. The summed E-state index contributed by atoms with van der Waals surface area (Å²) in [6.45, 7) is 4.46. The van der Waals surface area contributed by atoms with Gasteiger partial charge in [-0.2, -0.15) is 0 Å². The van der Waals surface area contributed by atoms with Crippen LogP contribution in [-0.4, -0.2) is 31.0 Å². The standard InChI is InChI=1S/C14H22N2O2.ClH/c1-10(2)13(15)14(17)16(3)9-11-5-7-12(18-4)8-6-11;/h5-8,10,13H,9,15H2,1-4H3;1H/t13-;/m1./s1. The molecule has 0 spiro atoms. The van der Waals surface area contributed by atoms with Gasteiger partial charge in [-0.3, -0.25) is 4.79 Å². The van der Waals surface area contributed by atoms with Gasteiger partial charge < -0.3 is 15.4 Å². The van der Waals surface area contributed by atoms with E-state index in [1.54, 1.807) is 19.1 Å². The van der Waals surface area contributed by atoms with Gasteiger partial charge in [0, 0.05) is 13.6 Å². The van der Waals surface area contributed by atoms with Crippen LogP contribution in [0.25, 0.3) is 0 Å². The lowest BCUT2D eigenvalue weighted by Gasteiger charge is -2.23. The third-order valence-corrected chi connectivity index (χ3v) is 2.96. The summed E-state index contributed by atoms with van der Waals surface area (Å²) in [6, 6.07) is 7.23. The number of nitrogens with zero attached hydrogens (tertiary/aromatic N) is 1. The number of halogens is 1. The summed E-state index contributed by atoms with van der Waals surface area (Å²) < 4.78 is 5.09. The van der Waals surface area contributed by atoms with Crippen molar-refractivity contribution in [2.45, 2.75) is 26.4 Å². The highest BCUT2D eigenvalue weighted by molar-refractivity contribution is 5.85. The number of amides is 1. The number of likely N-dealkylation sites (N-methyl/N-ethyl adjacent to an activating group) is 1. The molecule has 19 heavy (non-hydrogen) atoms. The van der Waals surface area contributed by atoms with Crippen molar-refractivity contribution in [3.63, 3.8) is 0 Å². The van der Waals surface area contributed by atoms with Crippen molar-refractivity contribution in [1.29, 1.82) is 0 Å². The summed E-state index contributed by atoms with van der Waals surface area (Å²) in [5.74, 6) is 0.934. The lowest BCUT2D eigenvalue weighted by Crippen LogP contribution is -2.44. The highest BCUT2D eigenvalue weighted by Gasteiger charge is 2.20. The molecule has 0 unspecified atom stereocenters. The van der Waals surface area contributed by atoms with Gasteiger partial charge in [0.05, 0.1) is 13.2 Å². The first-order valence-electron chi connectivity index (χ1n) is 6.09. The Labute approximate surface area is 121 Å². The fourth-order valence-corrected chi connectivity index (χ4v) is 1.62. The average Bonchev–Trinajstić information content (AvgIpc) is 2.37. The van der Waals surface area contributed by atoms with Crippen LogP contribution < -0.4 is 10.5 Å². The second-order valence-corrected chi connectivity index (χ2v) is 4.81. The minimum absolute atomic E-state index is 0. The SMILES string of the molecule is COc1ccc(CN(C)C(=O)[C@H](N)C(C)C)cc1.Cl. The maximum Gasteiger partial charge on any atom is 0.239 e. The molecular weight excluding hydrogens is 264 g/mol. The summed E-state index contributed by atoms with van der Waals surface area (Å²) in [7, 11) is 3.40. The van der Waals surface area contributed by atoms with Crippen molar-refractivity contribution >= 4 is 18.3 Å². The number of carbonyl (C=O) groups is 1. The molecule has 0 saturated carbocycles. The number of carbonyl (C=O) groups excluding carboxylic acids is 1. The third-order valence-electron chi connectivity index (χ3n) is 2.96. The smallest absolute Gasteiger partial charge is 0.239 e. The van der Waals surface area contributed by atoms with Crippen LogP contribution in [0.3, 0.4) is 0 Å². The highest BCUT2D eigenvalue weighted by Crippen LogP contribution is 2.13. The predicted molar refractivity (Wildman–Crippen MR) is 79.5 cm³/mol. The van der Waals surface area contributed by atoms with E-state index in [9.17, 15) is 4.79 Å². The second kappa shape index (κ2) is 8.02. The van der Waals surface area contributed by atoms with E-state index < -0.39 is 6.04 Å². The van der Waals surface area contributed by atoms with Crippen molar-refractivity contribution in [1.82, 2.24) is 4.90 Å². The lowest BCUT2D eigenvalue weighted by atomic mass is 10.0. The molecule has 0 aromatic heterocycles. The first kappa shape index (κ1) is 17.7. The molecule has 0 aliphatic rings. The molecule has 0 bridgehead atoms. The van der Waals surface area contributed by atoms with E-state index in [4.69, 9.17) is 10.5 Å². The molecule has 1 aromatic carbocycles. The number of benzene rings is 1. The van der Waals surface area contributed by atoms with Gasteiger partial charge in [0.15, 0.2) is 0 Å². The summed E-state index contributed by atoms with van der Waals surface area (Å²) in [4.78, 5) is 13.6. The van der Waals surface area contributed by atoms with Gasteiger partial charge in [-0.25, -0.2) is 0 Å². The molecule has 0 aliphatic carbocycles. The van der Waals surface area contributed by atoms with Crippen LogP contribution in [0.2, 0.25) is 0 Å². The Balaban J connectivity index is 0.00000324. The van der Waals surface area contributed by atoms with Gasteiger partial charge in [0.1, 0.15) is 5.75 Å². The molecule has 1 aromatic rings. The van der Waals surface area contributed by atoms with E-state index in [0.717, 1.165) is 11.3 Å². The molecule has 0 saturated heterocycles. The number of rotatable bonds is 5. The van der Waals surface area contributed by atoms with E-state index in [1.807, 2.05) is 38.1 Å². The van der Waals surface area contributed by atoms with Gasteiger partial charge in [0.2, 0.25) is 5.91 Å². The zero-order chi connectivity index (χ0) is 13.7. The Kier molecular flexibility index (Phi) is 7.49. The van der Waals surface area contributed by atoms with Crippen LogP contribution in [0.15, 0.2) is 24.3 Å². The number of nitrogens with two attached hydrogens (primary N) is 1. The van der Waals surface area contributed by atoms with Crippen LogP contribution in [0.5, 0.6) is 5.75 Å². The molecule has 108 valence electrons. The molecule has 1 amide bonds. The number of ether oxygens (including phenoxy) is 1. The topological polar surface area (TPSA) is 55.6 Å². The summed E-state index contributed by atoms with van der Waals surface area (Å²) >= 11 is 0.